The number of benzene rings is 1. The van der Waals surface area contributed by atoms with Gasteiger partial charge < -0.3 is 9.40 Å². The van der Waals surface area contributed by atoms with Gasteiger partial charge in [-0.15, -0.1) is 0 Å². The second-order valence-electron chi connectivity index (χ2n) is 4.26. The fourth-order valence-electron chi connectivity index (χ4n) is 1.91. The number of hydrogen-bond donors (Lipinski definition) is 1. The average Bonchev–Trinajstić information content (AvgIpc) is 2.98. The summed E-state index contributed by atoms with van der Waals surface area (Å²) in [4.78, 5) is 19.0. The van der Waals surface area contributed by atoms with Crippen LogP contribution in [0.3, 0.4) is 0 Å². The highest BCUT2D eigenvalue weighted by atomic mass is 79.9. The van der Waals surface area contributed by atoms with E-state index in [9.17, 15) is 10.1 Å². The summed E-state index contributed by atoms with van der Waals surface area (Å²) in [7, 11) is 0. The second-order valence-corrected chi connectivity index (χ2v) is 5.18. The quantitative estimate of drug-likeness (QED) is 0.724. The van der Waals surface area contributed by atoms with Crippen molar-refractivity contribution in [3.8, 4) is 6.07 Å². The lowest BCUT2D eigenvalue weighted by atomic mass is 10.2. The maximum atomic E-state index is 12.1. The smallest absolute Gasteiger partial charge is 0.259 e. The first-order valence-electron chi connectivity index (χ1n) is 6.02. The minimum absolute atomic E-state index is 0.216. The molecular weight excluding hydrogens is 334 g/mol. The van der Waals surface area contributed by atoms with Gasteiger partial charge in [0.15, 0.2) is 5.82 Å². The van der Waals surface area contributed by atoms with Gasteiger partial charge in [0.25, 0.3) is 5.56 Å². The van der Waals surface area contributed by atoms with Gasteiger partial charge in [-0.25, -0.2) is 4.98 Å². The summed E-state index contributed by atoms with van der Waals surface area (Å²) in [6.07, 6.45) is 3.04. The molecule has 0 fully saturated rings. The highest BCUT2D eigenvalue weighted by Gasteiger charge is 2.09. The lowest BCUT2D eigenvalue weighted by Crippen LogP contribution is -2.11. The number of aromatic nitrogens is 2. The van der Waals surface area contributed by atoms with Crippen LogP contribution in [0.25, 0.3) is 22.6 Å². The van der Waals surface area contributed by atoms with Crippen LogP contribution in [0, 0.1) is 11.3 Å². The third-order valence-electron chi connectivity index (χ3n) is 2.87. The van der Waals surface area contributed by atoms with Crippen molar-refractivity contribution >= 4 is 38.5 Å². The summed E-state index contributed by atoms with van der Waals surface area (Å²) in [5.74, 6) is 0.735. The molecule has 21 heavy (non-hydrogen) atoms. The molecule has 3 rings (SSSR count). The Hall–Kier alpha value is -2.65. The first-order chi connectivity index (χ1) is 10.2. The number of furan rings is 1. The van der Waals surface area contributed by atoms with E-state index in [1.54, 1.807) is 30.3 Å². The van der Waals surface area contributed by atoms with Gasteiger partial charge in [-0.2, -0.15) is 5.26 Å². The molecule has 2 aromatic heterocycles. The SMILES string of the molecule is N#C/C(=C/c1ccco1)c1nc2ccc(Br)cc2c(=O)[nH]1. The van der Waals surface area contributed by atoms with E-state index in [0.29, 0.717) is 16.7 Å². The summed E-state index contributed by atoms with van der Waals surface area (Å²) in [6.45, 7) is 0. The predicted octanol–water partition coefficient (Wildman–Crippen LogP) is 3.34. The lowest BCUT2D eigenvalue weighted by molar-refractivity contribution is 0.557. The van der Waals surface area contributed by atoms with Crippen molar-refractivity contribution in [3.63, 3.8) is 0 Å². The molecule has 3 aromatic rings. The van der Waals surface area contributed by atoms with E-state index in [1.807, 2.05) is 6.07 Å². The van der Waals surface area contributed by atoms with Gasteiger partial charge in [-0.1, -0.05) is 15.9 Å². The largest absolute Gasteiger partial charge is 0.465 e. The Morgan fingerprint density at radius 3 is 3.00 bits per heavy atom. The highest BCUT2D eigenvalue weighted by Crippen LogP contribution is 2.18. The van der Waals surface area contributed by atoms with Gasteiger partial charge in [0.2, 0.25) is 0 Å². The fraction of sp³-hybridized carbons (Fsp3) is 0. The number of allylic oxidation sites excluding steroid dienone is 1. The van der Waals surface area contributed by atoms with E-state index >= 15 is 0 Å². The molecule has 5 nitrogen and oxygen atoms in total. The molecule has 0 aliphatic carbocycles. The Bertz CT molecular complexity index is 934. The fourth-order valence-corrected chi connectivity index (χ4v) is 2.27. The maximum absolute atomic E-state index is 12.1. The minimum Gasteiger partial charge on any atom is -0.465 e. The Kier molecular flexibility index (Phi) is 3.42. The normalized spacial score (nSPS) is 11.5. The molecular formula is C15H8BrN3O2. The monoisotopic (exact) mass is 341 g/mol. The molecule has 0 saturated carbocycles. The van der Waals surface area contributed by atoms with Crippen LogP contribution >= 0.6 is 15.9 Å². The number of nitriles is 1. The zero-order chi connectivity index (χ0) is 14.8. The van der Waals surface area contributed by atoms with Gasteiger partial charge in [0, 0.05) is 10.5 Å². The van der Waals surface area contributed by atoms with Crippen LogP contribution in [-0.4, -0.2) is 9.97 Å². The molecule has 0 unspecified atom stereocenters. The molecule has 1 aromatic carbocycles. The van der Waals surface area contributed by atoms with Crippen molar-refractivity contribution in [2.75, 3.05) is 0 Å². The van der Waals surface area contributed by atoms with Crippen LogP contribution in [0.4, 0.5) is 0 Å². The molecule has 102 valence electrons. The van der Waals surface area contributed by atoms with Gasteiger partial charge in [-0.3, -0.25) is 4.79 Å². The zero-order valence-corrected chi connectivity index (χ0v) is 12.2. The van der Waals surface area contributed by atoms with Crippen LogP contribution < -0.4 is 5.56 Å². The average molecular weight is 342 g/mol. The zero-order valence-electron chi connectivity index (χ0n) is 10.6. The van der Waals surface area contributed by atoms with Crippen LogP contribution in [0.1, 0.15) is 11.6 Å². The molecule has 0 aliphatic rings. The van der Waals surface area contributed by atoms with Crippen molar-refractivity contribution < 1.29 is 4.42 Å². The summed E-state index contributed by atoms with van der Waals surface area (Å²) in [5.41, 5.74) is 0.460. The molecule has 1 N–H and O–H groups in total. The van der Waals surface area contributed by atoms with E-state index in [1.165, 1.54) is 12.3 Å². The number of rotatable bonds is 2. The summed E-state index contributed by atoms with van der Waals surface area (Å²) in [5, 5.41) is 9.72. The summed E-state index contributed by atoms with van der Waals surface area (Å²) < 4.78 is 5.96. The van der Waals surface area contributed by atoms with Crippen molar-refractivity contribution in [2.24, 2.45) is 0 Å². The molecule has 2 heterocycles. The Labute approximate surface area is 127 Å². The van der Waals surface area contributed by atoms with Crippen LogP contribution in [0.5, 0.6) is 0 Å². The van der Waals surface area contributed by atoms with E-state index in [0.717, 1.165) is 4.47 Å². The minimum atomic E-state index is -0.295. The standard InChI is InChI=1S/C15H8BrN3O2/c16-10-3-4-13-12(7-10)15(20)19-14(18-13)9(8-17)6-11-2-1-5-21-11/h1-7H,(H,18,19,20)/b9-6-. The van der Waals surface area contributed by atoms with E-state index in [4.69, 9.17) is 4.42 Å². The number of H-pyrrole nitrogens is 1. The molecule has 6 heteroatoms. The Morgan fingerprint density at radius 1 is 1.43 bits per heavy atom. The number of nitrogens with zero attached hydrogens (tertiary/aromatic N) is 2. The molecule has 0 atom stereocenters. The third-order valence-corrected chi connectivity index (χ3v) is 3.37. The molecule has 0 bridgehead atoms. The van der Waals surface area contributed by atoms with Gasteiger partial charge in [0.1, 0.15) is 11.8 Å². The predicted molar refractivity (Wildman–Crippen MR) is 82.3 cm³/mol. The van der Waals surface area contributed by atoms with Crippen LogP contribution in [0.2, 0.25) is 0 Å². The van der Waals surface area contributed by atoms with Crippen LogP contribution in [0.15, 0.2) is 50.3 Å². The molecule has 0 saturated heterocycles. The van der Waals surface area contributed by atoms with Crippen molar-refractivity contribution in [1.29, 1.82) is 5.26 Å². The second kappa shape index (κ2) is 5.38. The van der Waals surface area contributed by atoms with Crippen molar-refractivity contribution in [3.05, 3.63) is 63.0 Å². The number of fused-ring (bicyclic) bond motifs is 1. The first-order valence-corrected chi connectivity index (χ1v) is 6.82. The molecule has 0 aliphatic heterocycles. The van der Waals surface area contributed by atoms with E-state index < -0.39 is 0 Å². The van der Waals surface area contributed by atoms with E-state index in [2.05, 4.69) is 25.9 Å². The maximum Gasteiger partial charge on any atom is 0.259 e. The molecule has 0 amide bonds. The Balaban J connectivity index is 2.19. The van der Waals surface area contributed by atoms with Gasteiger partial charge in [-0.05, 0) is 30.3 Å². The van der Waals surface area contributed by atoms with Gasteiger partial charge >= 0.3 is 0 Å². The number of nitrogens with one attached hydrogen (secondary N) is 1. The Morgan fingerprint density at radius 2 is 2.29 bits per heavy atom. The topological polar surface area (TPSA) is 82.7 Å². The van der Waals surface area contributed by atoms with Crippen LogP contribution in [-0.2, 0) is 0 Å². The molecule has 0 radical (unpaired) electrons. The number of aromatic amines is 1. The van der Waals surface area contributed by atoms with Crippen molar-refractivity contribution in [1.82, 2.24) is 9.97 Å². The van der Waals surface area contributed by atoms with Gasteiger partial charge in [0.05, 0.1) is 22.7 Å². The first kappa shape index (κ1) is 13.3. The van der Waals surface area contributed by atoms with E-state index in [-0.39, 0.29) is 17.0 Å². The third kappa shape index (κ3) is 2.64. The summed E-state index contributed by atoms with van der Waals surface area (Å²) in [6, 6.07) is 10.7. The number of hydrogen-bond acceptors (Lipinski definition) is 4. The summed E-state index contributed by atoms with van der Waals surface area (Å²) >= 11 is 3.31. The number of halogens is 1. The highest BCUT2D eigenvalue weighted by molar-refractivity contribution is 9.10. The van der Waals surface area contributed by atoms with Crippen molar-refractivity contribution in [2.45, 2.75) is 0 Å². The molecule has 0 spiro atoms. The lowest BCUT2D eigenvalue weighted by Gasteiger charge is -2.02.